The molecule has 1 atom stereocenters. The van der Waals surface area contributed by atoms with E-state index in [1.54, 1.807) is 30.6 Å². The molecule has 0 spiro atoms. The zero-order valence-electron chi connectivity index (χ0n) is 9.98. The topological polar surface area (TPSA) is 48.7 Å². The third-order valence-electron chi connectivity index (χ3n) is 2.66. The van der Waals surface area contributed by atoms with Gasteiger partial charge >= 0.3 is 0 Å². The molecule has 5 heteroatoms. The summed E-state index contributed by atoms with van der Waals surface area (Å²) < 4.78 is 0. The number of nitrogens with zero attached hydrogens (tertiary/aromatic N) is 2. The van der Waals surface area contributed by atoms with Crippen molar-refractivity contribution in [1.82, 2.24) is 10.3 Å². The number of rotatable bonds is 4. The summed E-state index contributed by atoms with van der Waals surface area (Å²) in [5.74, 6) is 0. The normalized spacial score (nSPS) is 11.8. The fourth-order valence-electron chi connectivity index (χ4n) is 1.68. The highest BCUT2D eigenvalue weighted by atomic mass is 35.5. The molecule has 0 fully saturated rings. The van der Waals surface area contributed by atoms with Crippen LogP contribution in [0.4, 0.5) is 0 Å². The van der Waals surface area contributed by atoms with E-state index in [0.717, 1.165) is 11.1 Å². The van der Waals surface area contributed by atoms with Crippen LogP contribution in [-0.2, 0) is 6.54 Å². The molecule has 2 aromatic rings. The van der Waals surface area contributed by atoms with E-state index >= 15 is 0 Å². The largest absolute Gasteiger partial charge is 0.294 e. The van der Waals surface area contributed by atoms with Gasteiger partial charge in [0.25, 0.3) is 0 Å². The van der Waals surface area contributed by atoms with Gasteiger partial charge in [-0.05, 0) is 29.8 Å². The minimum absolute atomic E-state index is 0.474. The summed E-state index contributed by atoms with van der Waals surface area (Å²) in [6.45, 7) is 0.569. The third kappa shape index (κ3) is 3.68. The SMILES string of the molecule is N#CC(NCc1ccncc1)c1ccc(Cl)cc1Cl. The number of aromatic nitrogens is 1. The highest BCUT2D eigenvalue weighted by Gasteiger charge is 2.13. The summed E-state index contributed by atoms with van der Waals surface area (Å²) in [4.78, 5) is 3.95. The van der Waals surface area contributed by atoms with E-state index in [4.69, 9.17) is 23.2 Å². The van der Waals surface area contributed by atoms with Crippen LogP contribution in [-0.4, -0.2) is 4.98 Å². The molecule has 0 amide bonds. The van der Waals surface area contributed by atoms with Gasteiger partial charge in [0.1, 0.15) is 6.04 Å². The molecule has 0 saturated carbocycles. The molecule has 0 saturated heterocycles. The quantitative estimate of drug-likeness (QED) is 0.933. The first kappa shape index (κ1) is 13.8. The summed E-state index contributed by atoms with van der Waals surface area (Å²) in [5.41, 5.74) is 1.78. The molecule has 2 rings (SSSR count). The Morgan fingerprint density at radius 1 is 1.21 bits per heavy atom. The Hall–Kier alpha value is -1.60. The van der Waals surface area contributed by atoms with Crippen molar-refractivity contribution in [1.29, 1.82) is 5.26 Å². The maximum Gasteiger partial charge on any atom is 0.123 e. The molecule has 1 heterocycles. The van der Waals surface area contributed by atoms with Gasteiger partial charge < -0.3 is 0 Å². The molecule has 0 aliphatic heterocycles. The number of pyridine rings is 1. The fourth-order valence-corrected chi connectivity index (χ4v) is 2.20. The Morgan fingerprint density at radius 3 is 2.58 bits per heavy atom. The van der Waals surface area contributed by atoms with Gasteiger partial charge in [0, 0.05) is 34.5 Å². The Morgan fingerprint density at radius 2 is 1.95 bits per heavy atom. The van der Waals surface area contributed by atoms with Crippen LogP contribution in [0.3, 0.4) is 0 Å². The van der Waals surface area contributed by atoms with Crippen molar-refractivity contribution >= 4 is 23.2 Å². The van der Waals surface area contributed by atoms with Crippen molar-refractivity contribution < 1.29 is 0 Å². The number of halogens is 2. The van der Waals surface area contributed by atoms with E-state index < -0.39 is 6.04 Å². The molecule has 96 valence electrons. The Kier molecular flexibility index (Phi) is 4.75. The van der Waals surface area contributed by atoms with Gasteiger partial charge in [0.2, 0.25) is 0 Å². The summed E-state index contributed by atoms with van der Waals surface area (Å²) in [7, 11) is 0. The molecule has 19 heavy (non-hydrogen) atoms. The Labute approximate surface area is 121 Å². The molecule has 0 radical (unpaired) electrons. The number of nitrogens with one attached hydrogen (secondary N) is 1. The molecule has 1 aromatic heterocycles. The highest BCUT2D eigenvalue weighted by molar-refractivity contribution is 6.35. The standard InChI is InChI=1S/C14H11Cl2N3/c15-11-1-2-12(13(16)7-11)14(8-17)19-9-10-3-5-18-6-4-10/h1-7,14,19H,9H2. The van der Waals surface area contributed by atoms with Crippen molar-refractivity contribution in [2.45, 2.75) is 12.6 Å². The first-order valence-corrected chi connectivity index (χ1v) is 6.43. The smallest absolute Gasteiger partial charge is 0.123 e. The van der Waals surface area contributed by atoms with E-state index in [1.165, 1.54) is 0 Å². The maximum atomic E-state index is 9.23. The van der Waals surface area contributed by atoms with Crippen molar-refractivity contribution in [2.75, 3.05) is 0 Å². The predicted molar refractivity (Wildman–Crippen MR) is 75.9 cm³/mol. The van der Waals surface area contributed by atoms with Gasteiger partial charge in [-0.2, -0.15) is 5.26 Å². The van der Waals surface area contributed by atoms with Gasteiger partial charge in [0.15, 0.2) is 0 Å². The van der Waals surface area contributed by atoms with E-state index in [0.29, 0.717) is 16.6 Å². The predicted octanol–water partition coefficient (Wildman–Crippen LogP) is 3.74. The highest BCUT2D eigenvalue weighted by Crippen LogP contribution is 2.26. The summed E-state index contributed by atoms with van der Waals surface area (Å²) in [6, 6.07) is 10.6. The van der Waals surface area contributed by atoms with E-state index in [2.05, 4.69) is 16.4 Å². The zero-order valence-corrected chi connectivity index (χ0v) is 11.5. The average molecular weight is 292 g/mol. The van der Waals surface area contributed by atoms with Crippen LogP contribution in [0.15, 0.2) is 42.7 Å². The number of nitriles is 1. The number of hydrogen-bond donors (Lipinski definition) is 1. The molecule has 1 unspecified atom stereocenters. The van der Waals surface area contributed by atoms with Gasteiger partial charge in [0.05, 0.1) is 6.07 Å². The third-order valence-corrected chi connectivity index (χ3v) is 3.22. The first-order chi connectivity index (χ1) is 9.20. The fraction of sp³-hybridized carbons (Fsp3) is 0.143. The molecule has 0 aliphatic carbocycles. The molecular formula is C14H11Cl2N3. The van der Waals surface area contributed by atoms with Crippen LogP contribution in [0.2, 0.25) is 10.0 Å². The molecule has 0 aliphatic rings. The maximum absolute atomic E-state index is 9.23. The second kappa shape index (κ2) is 6.53. The average Bonchev–Trinajstić information content (AvgIpc) is 2.42. The minimum Gasteiger partial charge on any atom is -0.294 e. The van der Waals surface area contributed by atoms with Gasteiger partial charge in [-0.25, -0.2) is 0 Å². The molecule has 3 nitrogen and oxygen atoms in total. The van der Waals surface area contributed by atoms with Gasteiger partial charge in [-0.3, -0.25) is 10.3 Å². The van der Waals surface area contributed by atoms with E-state index in [-0.39, 0.29) is 0 Å². The summed E-state index contributed by atoms with van der Waals surface area (Å²) >= 11 is 11.9. The second-order valence-corrected chi connectivity index (χ2v) is 4.81. The molecule has 1 N–H and O–H groups in total. The first-order valence-electron chi connectivity index (χ1n) is 5.67. The van der Waals surface area contributed by atoms with E-state index in [9.17, 15) is 5.26 Å². The van der Waals surface area contributed by atoms with Crippen molar-refractivity contribution in [3.8, 4) is 6.07 Å². The monoisotopic (exact) mass is 291 g/mol. The van der Waals surface area contributed by atoms with Crippen molar-refractivity contribution in [3.05, 3.63) is 63.9 Å². The van der Waals surface area contributed by atoms with E-state index in [1.807, 2.05) is 12.1 Å². The van der Waals surface area contributed by atoms with Gasteiger partial charge in [-0.15, -0.1) is 0 Å². The van der Waals surface area contributed by atoms with Crippen LogP contribution in [0.25, 0.3) is 0 Å². The van der Waals surface area contributed by atoms with Crippen molar-refractivity contribution in [3.63, 3.8) is 0 Å². The molecule has 1 aromatic carbocycles. The van der Waals surface area contributed by atoms with Crippen LogP contribution >= 0.6 is 23.2 Å². The lowest BCUT2D eigenvalue weighted by Crippen LogP contribution is -2.19. The second-order valence-electron chi connectivity index (χ2n) is 3.96. The van der Waals surface area contributed by atoms with Crippen LogP contribution in [0.5, 0.6) is 0 Å². The number of hydrogen-bond acceptors (Lipinski definition) is 3. The Balaban J connectivity index is 2.11. The Bertz CT molecular complexity index is 593. The van der Waals surface area contributed by atoms with Gasteiger partial charge in [-0.1, -0.05) is 29.3 Å². The number of benzene rings is 1. The molecule has 0 bridgehead atoms. The van der Waals surface area contributed by atoms with Crippen LogP contribution < -0.4 is 5.32 Å². The lowest BCUT2D eigenvalue weighted by molar-refractivity contribution is 0.630. The zero-order chi connectivity index (χ0) is 13.7. The lowest BCUT2D eigenvalue weighted by atomic mass is 10.1. The minimum atomic E-state index is -0.474. The van der Waals surface area contributed by atoms with Crippen molar-refractivity contribution in [2.24, 2.45) is 0 Å². The van der Waals surface area contributed by atoms with Crippen LogP contribution in [0.1, 0.15) is 17.2 Å². The van der Waals surface area contributed by atoms with Crippen LogP contribution in [0, 0.1) is 11.3 Å². The lowest BCUT2D eigenvalue weighted by Gasteiger charge is -2.13. The summed E-state index contributed by atoms with van der Waals surface area (Å²) in [6.07, 6.45) is 3.43. The molecular weight excluding hydrogens is 281 g/mol. The summed E-state index contributed by atoms with van der Waals surface area (Å²) in [5, 5.41) is 13.4.